The molecule has 3 aliphatic rings. The molecule has 1 aliphatic carbocycles. The summed E-state index contributed by atoms with van der Waals surface area (Å²) in [4.78, 5) is 14.3. The average molecular weight is 316 g/mol. The van der Waals surface area contributed by atoms with Gasteiger partial charge in [0.05, 0.1) is 0 Å². The van der Waals surface area contributed by atoms with E-state index in [1.54, 1.807) is 0 Å². The Bertz CT molecular complexity index is 604. The summed E-state index contributed by atoms with van der Waals surface area (Å²) in [6, 6.07) is 6.24. The smallest absolute Gasteiger partial charge is 0.317 e. The molecule has 0 aromatic heterocycles. The number of benzene rings is 1. The zero-order chi connectivity index (χ0) is 15.9. The number of rotatable bonds is 3. The van der Waals surface area contributed by atoms with E-state index in [0.717, 1.165) is 56.2 Å². The number of fused-ring (bicyclic) bond motifs is 1. The number of urea groups is 1. The molecule has 0 radical (unpaired) electrons. The van der Waals surface area contributed by atoms with Crippen LogP contribution in [0.25, 0.3) is 0 Å². The Kier molecular flexibility index (Phi) is 3.58. The van der Waals surface area contributed by atoms with Crippen molar-refractivity contribution in [3.8, 4) is 11.5 Å². The van der Waals surface area contributed by atoms with Gasteiger partial charge >= 0.3 is 6.03 Å². The third-order valence-corrected chi connectivity index (χ3v) is 5.49. The third kappa shape index (κ3) is 2.84. The SMILES string of the molecule is CC1CCN(C(=O)NCC2(c3ccc4c(c3)OCO4)CC2)CC1. The fourth-order valence-electron chi connectivity index (χ4n) is 3.51. The van der Waals surface area contributed by atoms with Gasteiger partial charge in [-0.05, 0) is 49.3 Å². The zero-order valence-electron chi connectivity index (χ0n) is 13.6. The molecular formula is C18H24N2O3. The lowest BCUT2D eigenvalue weighted by Crippen LogP contribution is -2.46. The van der Waals surface area contributed by atoms with E-state index in [0.29, 0.717) is 13.3 Å². The number of nitrogens with zero attached hydrogens (tertiary/aromatic N) is 1. The topological polar surface area (TPSA) is 50.8 Å². The van der Waals surface area contributed by atoms with Gasteiger partial charge in [-0.1, -0.05) is 13.0 Å². The number of piperidine rings is 1. The molecule has 1 aromatic rings. The molecule has 5 nitrogen and oxygen atoms in total. The van der Waals surface area contributed by atoms with Gasteiger partial charge in [-0.3, -0.25) is 0 Å². The molecule has 1 saturated heterocycles. The highest BCUT2D eigenvalue weighted by Crippen LogP contribution is 2.49. The van der Waals surface area contributed by atoms with Crippen LogP contribution in [0.4, 0.5) is 4.79 Å². The molecule has 1 saturated carbocycles. The Hall–Kier alpha value is -1.91. The van der Waals surface area contributed by atoms with Crippen molar-refractivity contribution in [2.24, 2.45) is 5.92 Å². The molecule has 0 bridgehead atoms. The van der Waals surface area contributed by atoms with Gasteiger partial charge in [-0.25, -0.2) is 4.79 Å². The van der Waals surface area contributed by atoms with Gasteiger partial charge in [0, 0.05) is 25.0 Å². The molecule has 1 N–H and O–H groups in total. The minimum absolute atomic E-state index is 0.0831. The lowest BCUT2D eigenvalue weighted by molar-refractivity contribution is 0.173. The number of nitrogens with one attached hydrogen (secondary N) is 1. The first-order chi connectivity index (χ1) is 11.2. The Labute approximate surface area is 136 Å². The van der Waals surface area contributed by atoms with E-state index in [4.69, 9.17) is 9.47 Å². The Morgan fingerprint density at radius 3 is 2.74 bits per heavy atom. The highest BCUT2D eigenvalue weighted by atomic mass is 16.7. The lowest BCUT2D eigenvalue weighted by atomic mass is 9.95. The maximum Gasteiger partial charge on any atom is 0.317 e. The second-order valence-corrected chi connectivity index (χ2v) is 7.18. The van der Waals surface area contributed by atoms with Crippen molar-refractivity contribution in [1.29, 1.82) is 0 Å². The zero-order valence-corrected chi connectivity index (χ0v) is 13.6. The first-order valence-electron chi connectivity index (χ1n) is 8.59. The summed E-state index contributed by atoms with van der Waals surface area (Å²) >= 11 is 0. The molecule has 2 heterocycles. The number of ether oxygens (including phenoxy) is 2. The number of carbonyl (C=O) groups is 1. The number of amides is 2. The standard InChI is InChI=1S/C18H24N2O3/c1-13-4-8-20(9-5-13)17(21)19-11-18(6-7-18)14-2-3-15-16(10-14)23-12-22-15/h2-3,10,13H,4-9,11-12H2,1H3,(H,19,21). The quantitative estimate of drug-likeness (QED) is 0.933. The maximum atomic E-state index is 12.4. The van der Waals surface area contributed by atoms with Crippen molar-refractivity contribution < 1.29 is 14.3 Å². The molecule has 1 aromatic carbocycles. The molecule has 5 heteroatoms. The molecule has 124 valence electrons. The Morgan fingerprint density at radius 2 is 2.00 bits per heavy atom. The summed E-state index contributed by atoms with van der Waals surface area (Å²) in [6.07, 6.45) is 4.45. The van der Waals surface area contributed by atoms with E-state index in [1.165, 1.54) is 5.56 Å². The summed E-state index contributed by atoms with van der Waals surface area (Å²) in [5.74, 6) is 2.38. The first kappa shape index (κ1) is 14.7. The van der Waals surface area contributed by atoms with Crippen LogP contribution < -0.4 is 14.8 Å². The molecule has 0 unspecified atom stereocenters. The fourth-order valence-corrected chi connectivity index (χ4v) is 3.51. The second kappa shape index (κ2) is 5.62. The summed E-state index contributed by atoms with van der Waals surface area (Å²) in [5, 5.41) is 3.15. The van der Waals surface area contributed by atoms with Crippen LogP contribution in [-0.4, -0.2) is 37.4 Å². The summed E-state index contributed by atoms with van der Waals surface area (Å²) in [6.45, 7) is 5.02. The van der Waals surface area contributed by atoms with Gasteiger partial charge in [0.1, 0.15) is 0 Å². The number of hydrogen-bond acceptors (Lipinski definition) is 3. The van der Waals surface area contributed by atoms with Crippen LogP contribution in [0.5, 0.6) is 11.5 Å². The van der Waals surface area contributed by atoms with Gasteiger partial charge in [0.25, 0.3) is 0 Å². The van der Waals surface area contributed by atoms with E-state index in [2.05, 4.69) is 24.4 Å². The Balaban J connectivity index is 1.38. The van der Waals surface area contributed by atoms with Crippen LogP contribution in [0.3, 0.4) is 0 Å². The first-order valence-corrected chi connectivity index (χ1v) is 8.59. The van der Waals surface area contributed by atoms with E-state index in [1.807, 2.05) is 11.0 Å². The van der Waals surface area contributed by atoms with Crippen molar-refractivity contribution in [2.75, 3.05) is 26.4 Å². The van der Waals surface area contributed by atoms with Gasteiger partial charge in [0.15, 0.2) is 11.5 Å². The van der Waals surface area contributed by atoms with Crippen molar-refractivity contribution >= 4 is 6.03 Å². The minimum atomic E-state index is 0.0831. The number of hydrogen-bond donors (Lipinski definition) is 1. The van der Waals surface area contributed by atoms with Crippen molar-refractivity contribution in [2.45, 2.75) is 38.0 Å². The van der Waals surface area contributed by atoms with Crippen LogP contribution in [-0.2, 0) is 5.41 Å². The van der Waals surface area contributed by atoms with Crippen LogP contribution in [0.1, 0.15) is 38.2 Å². The normalized spacial score (nSPS) is 22.0. The fraction of sp³-hybridized carbons (Fsp3) is 0.611. The molecule has 4 rings (SSSR count). The molecule has 0 spiro atoms. The van der Waals surface area contributed by atoms with E-state index in [9.17, 15) is 4.79 Å². The molecular weight excluding hydrogens is 292 g/mol. The highest BCUT2D eigenvalue weighted by molar-refractivity contribution is 5.74. The summed E-state index contributed by atoms with van der Waals surface area (Å²) in [5.41, 5.74) is 1.33. The minimum Gasteiger partial charge on any atom is -0.454 e. The van der Waals surface area contributed by atoms with Gasteiger partial charge < -0.3 is 19.7 Å². The van der Waals surface area contributed by atoms with E-state index < -0.39 is 0 Å². The van der Waals surface area contributed by atoms with Gasteiger partial charge in [-0.15, -0.1) is 0 Å². The van der Waals surface area contributed by atoms with Crippen LogP contribution >= 0.6 is 0 Å². The van der Waals surface area contributed by atoms with E-state index in [-0.39, 0.29) is 11.4 Å². The van der Waals surface area contributed by atoms with Crippen molar-refractivity contribution in [1.82, 2.24) is 10.2 Å². The van der Waals surface area contributed by atoms with E-state index >= 15 is 0 Å². The van der Waals surface area contributed by atoms with Crippen LogP contribution in [0.2, 0.25) is 0 Å². The molecule has 23 heavy (non-hydrogen) atoms. The van der Waals surface area contributed by atoms with Gasteiger partial charge in [0.2, 0.25) is 6.79 Å². The third-order valence-electron chi connectivity index (χ3n) is 5.49. The maximum absolute atomic E-state index is 12.4. The summed E-state index contributed by atoms with van der Waals surface area (Å²) in [7, 11) is 0. The second-order valence-electron chi connectivity index (χ2n) is 7.18. The predicted molar refractivity (Wildman–Crippen MR) is 86.8 cm³/mol. The predicted octanol–water partition coefficient (Wildman–Crippen LogP) is 2.89. The number of carbonyl (C=O) groups excluding carboxylic acids is 1. The van der Waals surface area contributed by atoms with Crippen molar-refractivity contribution in [3.05, 3.63) is 23.8 Å². The molecule has 2 aliphatic heterocycles. The number of likely N-dealkylation sites (tertiary alicyclic amines) is 1. The summed E-state index contributed by atoms with van der Waals surface area (Å²) < 4.78 is 10.8. The monoisotopic (exact) mass is 316 g/mol. The molecule has 2 fully saturated rings. The lowest BCUT2D eigenvalue weighted by Gasteiger charge is -2.31. The average Bonchev–Trinajstić information content (AvgIpc) is 3.22. The Morgan fingerprint density at radius 1 is 1.26 bits per heavy atom. The molecule has 2 amide bonds. The van der Waals surface area contributed by atoms with Crippen LogP contribution in [0.15, 0.2) is 18.2 Å². The van der Waals surface area contributed by atoms with Gasteiger partial charge in [-0.2, -0.15) is 0 Å². The highest BCUT2D eigenvalue weighted by Gasteiger charge is 2.45. The van der Waals surface area contributed by atoms with Crippen molar-refractivity contribution in [3.63, 3.8) is 0 Å². The molecule has 0 atom stereocenters. The van der Waals surface area contributed by atoms with Crippen LogP contribution in [0, 0.1) is 5.92 Å². The largest absolute Gasteiger partial charge is 0.454 e.